The Morgan fingerprint density at radius 1 is 0.233 bits per heavy atom. The molecule has 0 aliphatic carbocycles. The van der Waals surface area contributed by atoms with Gasteiger partial charge >= 0.3 is 0 Å². The maximum atomic E-state index is 2.54. The minimum atomic E-state index is 1.08. The average molecular weight is 936 g/mol. The van der Waals surface area contributed by atoms with Crippen molar-refractivity contribution in [2.75, 3.05) is 9.80 Å². The van der Waals surface area contributed by atoms with Gasteiger partial charge in [-0.3, -0.25) is 0 Å². The standard InChI is InChI=1S/C68H49N5/c1-46-34-38-64-56(42-46)57-43-47(2)35-39-65(57)73(64)68-66(71-60-30-17-15-28-54(60)58-44-52(36-40-62(58)71)69(48-20-7-3-8-21-48)49-22-9-4-10-23-49)32-19-33-67(68)72-61-31-18-16-29-55(61)59-45-53(37-41-63(59)72)70(50-24-11-5-12-25-50)51-26-13-6-14-27-51/h3-45H,1-2H3. The van der Waals surface area contributed by atoms with Gasteiger partial charge in [0.1, 0.15) is 0 Å². The summed E-state index contributed by atoms with van der Waals surface area (Å²) in [7, 11) is 0. The topological polar surface area (TPSA) is 21.3 Å². The van der Waals surface area contributed by atoms with Gasteiger partial charge in [0, 0.05) is 66.4 Å². The molecule has 14 rings (SSSR count). The highest BCUT2D eigenvalue weighted by molar-refractivity contribution is 6.15. The number of hydrogen-bond donors (Lipinski definition) is 0. The summed E-state index contributed by atoms with van der Waals surface area (Å²) in [5.74, 6) is 0. The van der Waals surface area contributed by atoms with Crippen LogP contribution in [-0.4, -0.2) is 13.7 Å². The molecular formula is C68H49N5. The molecule has 0 saturated carbocycles. The molecule has 14 aromatic rings. The highest BCUT2D eigenvalue weighted by Gasteiger charge is 2.26. The van der Waals surface area contributed by atoms with E-state index < -0.39 is 0 Å². The Labute approximate surface area is 423 Å². The summed E-state index contributed by atoms with van der Waals surface area (Å²) in [6.07, 6.45) is 0. The van der Waals surface area contributed by atoms with Gasteiger partial charge in [-0.1, -0.05) is 139 Å². The second-order valence-electron chi connectivity index (χ2n) is 19.1. The van der Waals surface area contributed by atoms with Crippen LogP contribution in [0.2, 0.25) is 0 Å². The van der Waals surface area contributed by atoms with Crippen LogP contribution in [0.15, 0.2) is 261 Å². The lowest BCUT2D eigenvalue weighted by atomic mass is 10.1. The summed E-state index contributed by atoms with van der Waals surface area (Å²) in [4.78, 5) is 4.71. The average Bonchev–Trinajstić information content (AvgIpc) is 4.08. The molecule has 0 N–H and O–H groups in total. The zero-order chi connectivity index (χ0) is 48.6. The molecule has 0 saturated heterocycles. The second-order valence-corrected chi connectivity index (χ2v) is 19.1. The van der Waals surface area contributed by atoms with Crippen molar-refractivity contribution in [2.24, 2.45) is 0 Å². The maximum Gasteiger partial charge on any atom is 0.0946 e. The Morgan fingerprint density at radius 3 is 0.945 bits per heavy atom. The predicted octanol–water partition coefficient (Wildman–Crippen LogP) is 18.5. The lowest BCUT2D eigenvalue weighted by Gasteiger charge is -2.26. The molecule has 73 heavy (non-hydrogen) atoms. The van der Waals surface area contributed by atoms with Crippen LogP contribution in [-0.2, 0) is 0 Å². The molecule has 0 radical (unpaired) electrons. The smallest absolute Gasteiger partial charge is 0.0946 e. The van der Waals surface area contributed by atoms with Crippen molar-refractivity contribution in [1.29, 1.82) is 0 Å². The molecule has 0 fully saturated rings. The quantitative estimate of drug-likeness (QED) is 0.144. The number of aromatic nitrogens is 3. The van der Waals surface area contributed by atoms with Crippen LogP contribution in [0.3, 0.4) is 0 Å². The number of fused-ring (bicyclic) bond motifs is 9. The number of hydrogen-bond acceptors (Lipinski definition) is 2. The number of aryl methyl sites for hydroxylation is 2. The molecule has 0 bridgehead atoms. The van der Waals surface area contributed by atoms with Gasteiger partial charge in [-0.15, -0.1) is 0 Å². The number of rotatable bonds is 9. The Morgan fingerprint density at radius 2 is 0.548 bits per heavy atom. The van der Waals surface area contributed by atoms with Crippen molar-refractivity contribution in [2.45, 2.75) is 13.8 Å². The highest BCUT2D eigenvalue weighted by atomic mass is 15.2. The van der Waals surface area contributed by atoms with Crippen LogP contribution in [0.25, 0.3) is 82.5 Å². The first-order chi connectivity index (χ1) is 36.1. The fraction of sp³-hybridized carbons (Fsp3) is 0.0294. The Balaban J connectivity index is 1.08. The van der Waals surface area contributed by atoms with Crippen LogP contribution < -0.4 is 9.80 Å². The lowest BCUT2D eigenvalue weighted by Crippen LogP contribution is -2.10. The number of nitrogens with zero attached hydrogens (tertiary/aromatic N) is 5. The summed E-state index contributed by atoms with van der Waals surface area (Å²) >= 11 is 0. The zero-order valence-corrected chi connectivity index (χ0v) is 40.6. The van der Waals surface area contributed by atoms with Crippen LogP contribution in [0.1, 0.15) is 11.1 Å². The minimum Gasteiger partial charge on any atom is -0.310 e. The van der Waals surface area contributed by atoms with Crippen molar-refractivity contribution in [3.8, 4) is 17.1 Å². The predicted molar refractivity (Wildman–Crippen MR) is 308 cm³/mol. The van der Waals surface area contributed by atoms with Gasteiger partial charge in [0.05, 0.1) is 50.2 Å². The van der Waals surface area contributed by atoms with Crippen molar-refractivity contribution in [1.82, 2.24) is 13.7 Å². The number of anilines is 6. The maximum absolute atomic E-state index is 2.54. The van der Waals surface area contributed by atoms with Gasteiger partial charge < -0.3 is 23.5 Å². The van der Waals surface area contributed by atoms with Gasteiger partial charge in [0.15, 0.2) is 0 Å². The van der Waals surface area contributed by atoms with E-state index in [9.17, 15) is 0 Å². The van der Waals surface area contributed by atoms with Crippen molar-refractivity contribution < 1.29 is 0 Å². The SMILES string of the molecule is Cc1ccc2c(c1)c1cc(C)ccc1n2-c1c(-n2c3ccccc3c3cc(N(c4ccccc4)c4ccccc4)ccc32)cccc1-n1c2ccccc2c2cc(N(c3ccccc3)c3ccccc3)ccc21. The molecule has 0 spiro atoms. The molecule has 0 aliphatic rings. The molecule has 0 aliphatic heterocycles. The summed E-state index contributed by atoms with van der Waals surface area (Å²) in [6, 6.07) is 95.2. The molecule has 346 valence electrons. The summed E-state index contributed by atoms with van der Waals surface area (Å²) in [6.45, 7) is 4.40. The Hall–Kier alpha value is -9.58. The van der Waals surface area contributed by atoms with Gasteiger partial charge in [0.25, 0.3) is 0 Å². The van der Waals surface area contributed by atoms with Gasteiger partial charge in [-0.25, -0.2) is 0 Å². The van der Waals surface area contributed by atoms with Crippen LogP contribution in [0.4, 0.5) is 34.1 Å². The van der Waals surface area contributed by atoms with Crippen LogP contribution >= 0.6 is 0 Å². The molecule has 0 atom stereocenters. The first kappa shape index (κ1) is 42.3. The number of benzene rings is 11. The fourth-order valence-corrected chi connectivity index (χ4v) is 11.5. The molecule has 0 unspecified atom stereocenters. The minimum absolute atomic E-state index is 1.08. The molecular weight excluding hydrogens is 887 g/mol. The van der Waals surface area contributed by atoms with E-state index in [-0.39, 0.29) is 0 Å². The number of para-hydroxylation sites is 7. The van der Waals surface area contributed by atoms with E-state index in [4.69, 9.17) is 0 Å². The van der Waals surface area contributed by atoms with Gasteiger partial charge in [-0.2, -0.15) is 0 Å². The Kier molecular flexibility index (Phi) is 9.90. The fourth-order valence-electron chi connectivity index (χ4n) is 11.5. The third-order valence-corrected chi connectivity index (χ3v) is 14.7. The first-order valence-electron chi connectivity index (χ1n) is 25.1. The third-order valence-electron chi connectivity index (χ3n) is 14.7. The largest absolute Gasteiger partial charge is 0.310 e. The van der Waals surface area contributed by atoms with E-state index in [0.29, 0.717) is 0 Å². The van der Waals surface area contributed by atoms with Crippen LogP contribution in [0.5, 0.6) is 0 Å². The van der Waals surface area contributed by atoms with E-state index in [1.54, 1.807) is 0 Å². The van der Waals surface area contributed by atoms with Crippen LogP contribution in [0, 0.1) is 13.8 Å². The highest BCUT2D eigenvalue weighted by Crippen LogP contribution is 2.46. The molecule has 5 nitrogen and oxygen atoms in total. The molecule has 3 heterocycles. The van der Waals surface area contributed by atoms with Crippen molar-refractivity contribution in [3.05, 3.63) is 272 Å². The summed E-state index contributed by atoms with van der Waals surface area (Å²) < 4.78 is 7.55. The zero-order valence-electron chi connectivity index (χ0n) is 40.6. The molecule has 5 heteroatoms. The van der Waals surface area contributed by atoms with Crippen molar-refractivity contribution >= 4 is 99.5 Å². The molecule has 0 amide bonds. The monoisotopic (exact) mass is 935 g/mol. The van der Waals surface area contributed by atoms with Gasteiger partial charge in [-0.05, 0) is 147 Å². The first-order valence-corrected chi connectivity index (χ1v) is 25.1. The second kappa shape index (κ2) is 17.1. The van der Waals surface area contributed by atoms with E-state index >= 15 is 0 Å². The van der Waals surface area contributed by atoms with E-state index in [1.807, 2.05) is 0 Å². The summed E-state index contributed by atoms with van der Waals surface area (Å²) in [5.41, 5.74) is 19.2. The van der Waals surface area contributed by atoms with Gasteiger partial charge in [0.2, 0.25) is 0 Å². The summed E-state index contributed by atoms with van der Waals surface area (Å²) in [5, 5.41) is 7.22. The lowest BCUT2D eigenvalue weighted by molar-refractivity contribution is 1.05. The normalized spacial score (nSPS) is 11.7. The van der Waals surface area contributed by atoms with E-state index in [0.717, 1.165) is 84.3 Å². The Bertz CT molecular complexity index is 4040. The van der Waals surface area contributed by atoms with Crippen molar-refractivity contribution in [3.63, 3.8) is 0 Å². The molecule has 3 aromatic heterocycles. The van der Waals surface area contributed by atoms with E-state index in [2.05, 4.69) is 298 Å². The van der Waals surface area contributed by atoms with E-state index in [1.165, 1.54) is 43.4 Å². The third kappa shape index (κ3) is 6.85. The molecule has 11 aromatic carbocycles.